The average molecular weight is 558 g/mol. The molecule has 1 aliphatic heterocycles. The Hall–Kier alpha value is -4.79. The highest BCUT2D eigenvalue weighted by molar-refractivity contribution is 5.95. The molecule has 0 bridgehead atoms. The molecule has 6 nitrogen and oxygen atoms in total. The third-order valence-electron chi connectivity index (χ3n) is 7.08. The van der Waals surface area contributed by atoms with Crippen LogP contribution in [0.5, 0.6) is 0 Å². The van der Waals surface area contributed by atoms with Gasteiger partial charge in [-0.05, 0) is 60.0 Å². The Morgan fingerprint density at radius 2 is 1.73 bits per heavy atom. The van der Waals surface area contributed by atoms with E-state index in [1.165, 1.54) is 24.3 Å². The molecule has 1 aromatic heterocycles. The van der Waals surface area contributed by atoms with Gasteiger partial charge in [-0.25, -0.2) is 13.2 Å². The van der Waals surface area contributed by atoms with Crippen LogP contribution in [0.4, 0.5) is 18.9 Å². The van der Waals surface area contributed by atoms with E-state index in [0.717, 1.165) is 17.3 Å². The minimum atomic E-state index is -0.779. The van der Waals surface area contributed by atoms with Crippen molar-refractivity contribution in [3.63, 3.8) is 0 Å². The Bertz CT molecular complexity index is 1670. The summed E-state index contributed by atoms with van der Waals surface area (Å²) in [6.45, 7) is 1.80. The van der Waals surface area contributed by atoms with Gasteiger partial charge in [0.15, 0.2) is 5.71 Å². The third kappa shape index (κ3) is 6.19. The molecule has 4 aromatic rings. The summed E-state index contributed by atoms with van der Waals surface area (Å²) < 4.78 is 44.0. The predicted molar refractivity (Wildman–Crippen MR) is 150 cm³/mol. The number of nitrogens with one attached hydrogen (secondary N) is 2. The lowest BCUT2D eigenvalue weighted by Crippen LogP contribution is -2.36. The Morgan fingerprint density at radius 3 is 2.49 bits per heavy atom. The molecule has 41 heavy (non-hydrogen) atoms. The fraction of sp³-hybridized carbons (Fsp3) is 0.188. The molecular formula is C32H28F3N4O2+. The lowest BCUT2D eigenvalue weighted by atomic mass is 9.94. The summed E-state index contributed by atoms with van der Waals surface area (Å²) in [6, 6.07) is 17.5. The molecule has 5 rings (SSSR count). The zero-order valence-corrected chi connectivity index (χ0v) is 22.5. The highest BCUT2D eigenvalue weighted by Gasteiger charge is 2.31. The monoisotopic (exact) mass is 557 g/mol. The summed E-state index contributed by atoms with van der Waals surface area (Å²) in [4.78, 5) is 30.3. The maximum Gasteiger partial charge on any atom is 0.286 e. The Balaban J connectivity index is 1.51. The van der Waals surface area contributed by atoms with Crippen LogP contribution < -0.4 is 10.6 Å². The molecule has 0 spiro atoms. The van der Waals surface area contributed by atoms with Crippen LogP contribution in [0, 0.1) is 17.5 Å². The standard InChI is InChI=1S/C32H27F3N4O2/c1-19-11-22-8-9-24(33)17-29(22)39(19)18-30(40)38-28(14-20-12-25(34)16-26(35)13-20)31-27(7-4-10-37-31)21-5-3-6-23(15-21)32(41)36-2/h3-10,12-13,15-17,28H,11,14,18H2,1-2H3,(H-,36,38,40,41)/p+1/t28-/m0/s1. The number of halogens is 3. The topological polar surface area (TPSA) is 74.1 Å². The zero-order chi connectivity index (χ0) is 29.1. The number of hydrogen-bond acceptors (Lipinski definition) is 3. The molecule has 0 saturated heterocycles. The SMILES string of the molecule is CNC(=O)c1cccc(-c2cccnc2[C@H](Cc2cc(F)cc(F)c2)NC(=O)C[N+]2=C(C)Cc3ccc(F)cc32)c1. The van der Waals surface area contributed by atoms with Gasteiger partial charge in [0.1, 0.15) is 17.5 Å². The molecule has 3 aromatic carbocycles. The van der Waals surface area contributed by atoms with Gasteiger partial charge < -0.3 is 10.6 Å². The number of pyridine rings is 1. The molecule has 1 atom stereocenters. The number of aromatic nitrogens is 1. The summed E-state index contributed by atoms with van der Waals surface area (Å²) in [5.74, 6) is -2.49. The van der Waals surface area contributed by atoms with Gasteiger partial charge in [0.2, 0.25) is 12.2 Å². The second-order valence-electron chi connectivity index (χ2n) is 9.97. The first-order chi connectivity index (χ1) is 19.7. The number of hydrogen-bond donors (Lipinski definition) is 2. The van der Waals surface area contributed by atoms with Gasteiger partial charge in [0.05, 0.1) is 18.2 Å². The highest BCUT2D eigenvalue weighted by Crippen LogP contribution is 2.31. The van der Waals surface area contributed by atoms with Crippen LogP contribution in [-0.2, 0) is 17.6 Å². The number of rotatable bonds is 8. The summed E-state index contributed by atoms with van der Waals surface area (Å²) in [6.07, 6.45) is 2.22. The molecule has 0 radical (unpaired) electrons. The molecule has 0 unspecified atom stereocenters. The van der Waals surface area contributed by atoms with Gasteiger partial charge in [-0.15, -0.1) is 0 Å². The first-order valence-corrected chi connectivity index (χ1v) is 13.1. The summed E-state index contributed by atoms with van der Waals surface area (Å²) in [7, 11) is 1.54. The Labute approximate surface area is 235 Å². The van der Waals surface area contributed by atoms with E-state index in [-0.39, 0.29) is 24.8 Å². The molecular weight excluding hydrogens is 529 g/mol. The van der Waals surface area contributed by atoms with Crippen molar-refractivity contribution in [3.05, 3.63) is 119 Å². The quantitative estimate of drug-likeness (QED) is 0.289. The van der Waals surface area contributed by atoms with Crippen molar-refractivity contribution in [1.82, 2.24) is 15.6 Å². The Morgan fingerprint density at radius 1 is 0.951 bits per heavy atom. The second kappa shape index (κ2) is 11.8. The maximum absolute atomic E-state index is 14.1. The van der Waals surface area contributed by atoms with E-state index in [1.807, 2.05) is 19.1 Å². The van der Waals surface area contributed by atoms with Crippen LogP contribution in [-0.4, -0.2) is 40.7 Å². The van der Waals surface area contributed by atoms with Gasteiger partial charge in [0, 0.05) is 49.0 Å². The molecule has 1 aliphatic rings. The summed E-state index contributed by atoms with van der Waals surface area (Å²) in [5.41, 5.74) is 5.03. The van der Waals surface area contributed by atoms with E-state index in [9.17, 15) is 22.8 Å². The fourth-order valence-electron chi connectivity index (χ4n) is 5.21. The van der Waals surface area contributed by atoms with E-state index < -0.39 is 23.5 Å². The van der Waals surface area contributed by atoms with Crippen molar-refractivity contribution in [1.29, 1.82) is 0 Å². The lowest BCUT2D eigenvalue weighted by molar-refractivity contribution is -0.426. The van der Waals surface area contributed by atoms with Crippen molar-refractivity contribution < 1.29 is 27.3 Å². The molecule has 2 heterocycles. The third-order valence-corrected chi connectivity index (χ3v) is 7.08. The molecule has 2 amide bonds. The van der Waals surface area contributed by atoms with Crippen LogP contribution in [0.2, 0.25) is 0 Å². The van der Waals surface area contributed by atoms with E-state index in [0.29, 0.717) is 40.1 Å². The van der Waals surface area contributed by atoms with Gasteiger partial charge in [-0.1, -0.05) is 18.2 Å². The van der Waals surface area contributed by atoms with Crippen molar-refractivity contribution in [2.24, 2.45) is 0 Å². The van der Waals surface area contributed by atoms with Crippen LogP contribution in [0.1, 0.15) is 40.1 Å². The van der Waals surface area contributed by atoms with Crippen molar-refractivity contribution >= 4 is 23.2 Å². The second-order valence-corrected chi connectivity index (χ2v) is 9.97. The largest absolute Gasteiger partial charge is 0.355 e. The van der Waals surface area contributed by atoms with E-state index in [2.05, 4.69) is 15.6 Å². The van der Waals surface area contributed by atoms with E-state index in [4.69, 9.17) is 0 Å². The minimum Gasteiger partial charge on any atom is -0.355 e. The summed E-state index contributed by atoms with van der Waals surface area (Å²) >= 11 is 0. The number of carbonyl (C=O) groups is 2. The average Bonchev–Trinajstić information content (AvgIpc) is 3.25. The zero-order valence-electron chi connectivity index (χ0n) is 22.5. The molecule has 208 valence electrons. The maximum atomic E-state index is 14.1. The molecule has 0 aliphatic carbocycles. The smallest absolute Gasteiger partial charge is 0.286 e. The van der Waals surface area contributed by atoms with Crippen LogP contribution in [0.3, 0.4) is 0 Å². The molecule has 0 saturated carbocycles. The van der Waals surface area contributed by atoms with Crippen molar-refractivity contribution in [2.45, 2.75) is 25.8 Å². The van der Waals surface area contributed by atoms with Crippen molar-refractivity contribution in [2.75, 3.05) is 13.6 Å². The van der Waals surface area contributed by atoms with E-state index in [1.54, 1.807) is 48.2 Å². The molecule has 9 heteroatoms. The Kier molecular flexibility index (Phi) is 7.96. The predicted octanol–water partition coefficient (Wildman–Crippen LogP) is 5.29. The van der Waals surface area contributed by atoms with Gasteiger partial charge in [-0.2, -0.15) is 4.58 Å². The summed E-state index contributed by atoms with van der Waals surface area (Å²) in [5, 5.41) is 5.60. The number of benzene rings is 3. The van der Waals surface area contributed by atoms with Gasteiger partial charge in [-0.3, -0.25) is 14.6 Å². The number of nitrogens with zero attached hydrogens (tertiary/aromatic N) is 2. The normalized spacial score (nSPS) is 13.1. The minimum absolute atomic E-state index is 0.0491. The molecule has 2 N–H and O–H groups in total. The van der Waals surface area contributed by atoms with Crippen LogP contribution in [0.25, 0.3) is 11.1 Å². The van der Waals surface area contributed by atoms with E-state index >= 15 is 0 Å². The van der Waals surface area contributed by atoms with Crippen molar-refractivity contribution in [3.8, 4) is 11.1 Å². The highest BCUT2D eigenvalue weighted by atomic mass is 19.1. The first kappa shape index (κ1) is 27.8. The van der Waals surface area contributed by atoms with Gasteiger partial charge in [0.25, 0.3) is 11.8 Å². The number of carbonyl (C=O) groups excluding carboxylic acids is 2. The first-order valence-electron chi connectivity index (χ1n) is 13.1. The number of amides is 2. The lowest BCUT2D eigenvalue weighted by Gasteiger charge is -2.21. The van der Waals surface area contributed by atoms with Crippen LogP contribution >= 0.6 is 0 Å². The van der Waals surface area contributed by atoms with Gasteiger partial charge >= 0.3 is 0 Å². The fourth-order valence-corrected chi connectivity index (χ4v) is 5.21. The number of fused-ring (bicyclic) bond motifs is 1. The molecule has 0 fully saturated rings. The van der Waals surface area contributed by atoms with Crippen LogP contribution in [0.15, 0.2) is 79.0 Å².